The van der Waals surface area contributed by atoms with Gasteiger partial charge in [0.2, 0.25) is 0 Å². The molecule has 0 aromatic heterocycles. The van der Waals surface area contributed by atoms with Crippen LogP contribution >= 0.6 is 0 Å². The zero-order valence-corrected chi connectivity index (χ0v) is 10.8. The molecule has 1 saturated heterocycles. The maximum absolute atomic E-state index is 10.9. The highest BCUT2D eigenvalue weighted by atomic mass is 16.4. The van der Waals surface area contributed by atoms with Crippen molar-refractivity contribution in [2.45, 2.75) is 32.3 Å². The maximum Gasteiger partial charge on any atom is 0.407 e. The molecule has 1 aromatic rings. The van der Waals surface area contributed by atoms with Crippen LogP contribution in [0.25, 0.3) is 0 Å². The number of nitrogens with zero attached hydrogens (tertiary/aromatic N) is 1. The summed E-state index contributed by atoms with van der Waals surface area (Å²) in [7, 11) is 0. The van der Waals surface area contributed by atoms with Gasteiger partial charge in [-0.2, -0.15) is 0 Å². The summed E-state index contributed by atoms with van der Waals surface area (Å²) >= 11 is 0. The lowest BCUT2D eigenvalue weighted by Gasteiger charge is -2.38. The number of aryl methyl sites for hydroxylation is 2. The second kappa shape index (κ2) is 4.61. The second-order valence-corrected chi connectivity index (χ2v) is 5.12. The normalized spacial score (nSPS) is 18.7. The third-order valence-electron chi connectivity index (χ3n) is 3.76. The van der Waals surface area contributed by atoms with Crippen molar-refractivity contribution < 1.29 is 15.0 Å². The van der Waals surface area contributed by atoms with E-state index in [0.717, 1.165) is 16.7 Å². The average Bonchev–Trinajstić information content (AvgIpc) is 2.32. The molecule has 98 valence electrons. The Hall–Kier alpha value is -1.55. The Morgan fingerprint density at radius 2 is 1.89 bits per heavy atom. The molecule has 18 heavy (non-hydrogen) atoms. The van der Waals surface area contributed by atoms with Crippen LogP contribution in [0.2, 0.25) is 0 Å². The van der Waals surface area contributed by atoms with Crippen LogP contribution in [0, 0.1) is 13.8 Å². The van der Waals surface area contributed by atoms with Gasteiger partial charge in [-0.15, -0.1) is 0 Å². The molecule has 2 rings (SSSR count). The predicted molar refractivity (Wildman–Crippen MR) is 68.6 cm³/mol. The Kier molecular flexibility index (Phi) is 3.30. The van der Waals surface area contributed by atoms with E-state index in [4.69, 9.17) is 5.11 Å². The highest BCUT2D eigenvalue weighted by Crippen LogP contribution is 2.35. The average molecular weight is 249 g/mol. The monoisotopic (exact) mass is 249 g/mol. The van der Waals surface area contributed by atoms with Crippen LogP contribution in [0.5, 0.6) is 0 Å². The molecule has 1 amide bonds. The zero-order chi connectivity index (χ0) is 13.3. The molecule has 1 fully saturated rings. The minimum atomic E-state index is -0.905. The Labute approximate surface area is 107 Å². The molecule has 0 saturated carbocycles. The van der Waals surface area contributed by atoms with Gasteiger partial charge >= 0.3 is 6.09 Å². The van der Waals surface area contributed by atoms with Crippen LogP contribution in [-0.4, -0.2) is 34.3 Å². The van der Waals surface area contributed by atoms with E-state index < -0.39 is 11.7 Å². The highest BCUT2D eigenvalue weighted by Gasteiger charge is 2.36. The minimum absolute atomic E-state index is 0.388. The first kappa shape index (κ1) is 12.9. The first-order chi connectivity index (χ1) is 8.42. The van der Waals surface area contributed by atoms with Crippen molar-refractivity contribution in [3.05, 3.63) is 34.9 Å². The number of benzene rings is 1. The van der Waals surface area contributed by atoms with Crippen LogP contribution in [0.4, 0.5) is 4.79 Å². The number of amides is 1. The number of aliphatic hydroxyl groups is 1. The maximum atomic E-state index is 10.9. The molecule has 0 spiro atoms. The first-order valence-electron chi connectivity index (χ1n) is 6.20. The molecule has 0 radical (unpaired) electrons. The van der Waals surface area contributed by atoms with E-state index in [-0.39, 0.29) is 0 Å². The lowest BCUT2D eigenvalue weighted by atomic mass is 9.81. The van der Waals surface area contributed by atoms with Gasteiger partial charge < -0.3 is 15.1 Å². The summed E-state index contributed by atoms with van der Waals surface area (Å²) in [6.07, 6.45) is 0.0192. The molecule has 4 nitrogen and oxygen atoms in total. The third-order valence-corrected chi connectivity index (χ3v) is 3.76. The van der Waals surface area contributed by atoms with Crippen molar-refractivity contribution in [2.75, 3.05) is 13.1 Å². The van der Waals surface area contributed by atoms with Crippen LogP contribution in [0.3, 0.4) is 0 Å². The third kappa shape index (κ3) is 2.34. The summed E-state index contributed by atoms with van der Waals surface area (Å²) in [5, 5.41) is 19.6. The lowest BCUT2D eigenvalue weighted by molar-refractivity contribution is -0.0218. The fourth-order valence-corrected chi connectivity index (χ4v) is 2.57. The van der Waals surface area contributed by atoms with Gasteiger partial charge in [-0.1, -0.05) is 23.8 Å². The molecule has 1 aromatic carbocycles. The molecular weight excluding hydrogens is 230 g/mol. The van der Waals surface area contributed by atoms with Crippen molar-refractivity contribution in [2.24, 2.45) is 0 Å². The first-order valence-corrected chi connectivity index (χ1v) is 6.20. The molecule has 2 N–H and O–H groups in total. The zero-order valence-electron chi connectivity index (χ0n) is 10.8. The number of hydrogen-bond donors (Lipinski definition) is 2. The number of hydrogen-bond acceptors (Lipinski definition) is 2. The van der Waals surface area contributed by atoms with Gasteiger partial charge in [0, 0.05) is 13.1 Å². The van der Waals surface area contributed by atoms with Crippen molar-refractivity contribution in [3.63, 3.8) is 0 Å². The lowest BCUT2D eigenvalue weighted by Crippen LogP contribution is -2.45. The van der Waals surface area contributed by atoms with Crippen molar-refractivity contribution in [1.29, 1.82) is 0 Å². The Balaban J connectivity index is 2.23. The molecule has 0 unspecified atom stereocenters. The number of carboxylic acid groups (broad SMARTS) is 1. The minimum Gasteiger partial charge on any atom is -0.465 e. The van der Waals surface area contributed by atoms with Gasteiger partial charge in [-0.25, -0.2) is 4.79 Å². The number of piperidine rings is 1. The van der Waals surface area contributed by atoms with E-state index in [1.807, 2.05) is 32.0 Å². The van der Waals surface area contributed by atoms with Gasteiger partial charge in [-0.3, -0.25) is 0 Å². The summed E-state index contributed by atoms with van der Waals surface area (Å²) in [6.45, 7) is 4.76. The van der Waals surface area contributed by atoms with Crippen LogP contribution in [-0.2, 0) is 5.60 Å². The van der Waals surface area contributed by atoms with Gasteiger partial charge in [-0.05, 0) is 37.8 Å². The van der Waals surface area contributed by atoms with E-state index in [1.165, 1.54) is 4.90 Å². The van der Waals surface area contributed by atoms with E-state index in [9.17, 15) is 9.90 Å². The summed E-state index contributed by atoms with van der Waals surface area (Å²) in [4.78, 5) is 12.2. The molecule has 1 heterocycles. The van der Waals surface area contributed by atoms with Crippen molar-refractivity contribution in [3.8, 4) is 0 Å². The topological polar surface area (TPSA) is 60.8 Å². The molecular formula is C14H19NO3. The van der Waals surface area contributed by atoms with E-state index in [0.29, 0.717) is 25.9 Å². The largest absolute Gasteiger partial charge is 0.465 e. The highest BCUT2D eigenvalue weighted by molar-refractivity contribution is 5.65. The van der Waals surface area contributed by atoms with Crippen molar-refractivity contribution >= 4 is 6.09 Å². The van der Waals surface area contributed by atoms with Crippen LogP contribution in [0.1, 0.15) is 29.5 Å². The van der Waals surface area contributed by atoms with Crippen molar-refractivity contribution in [1.82, 2.24) is 4.90 Å². The molecule has 0 aliphatic carbocycles. The predicted octanol–water partition coefficient (Wildman–Crippen LogP) is 2.26. The second-order valence-electron chi connectivity index (χ2n) is 5.12. The Bertz CT molecular complexity index is 462. The fraction of sp³-hybridized carbons (Fsp3) is 0.500. The summed E-state index contributed by atoms with van der Waals surface area (Å²) in [6, 6.07) is 6.03. The fourth-order valence-electron chi connectivity index (χ4n) is 2.57. The molecule has 1 aliphatic rings. The molecule has 1 aliphatic heterocycles. The smallest absolute Gasteiger partial charge is 0.407 e. The number of likely N-dealkylation sites (tertiary alicyclic amines) is 1. The van der Waals surface area contributed by atoms with Crippen LogP contribution in [0.15, 0.2) is 18.2 Å². The van der Waals surface area contributed by atoms with Gasteiger partial charge in [0.1, 0.15) is 0 Å². The summed E-state index contributed by atoms with van der Waals surface area (Å²) in [5.74, 6) is 0. The van der Waals surface area contributed by atoms with E-state index in [1.54, 1.807) is 0 Å². The molecule has 4 heteroatoms. The number of rotatable bonds is 1. The summed E-state index contributed by atoms with van der Waals surface area (Å²) in [5.41, 5.74) is 2.23. The SMILES string of the molecule is Cc1ccc(C)c(C2(O)CCN(C(=O)O)CC2)c1. The Morgan fingerprint density at radius 1 is 1.28 bits per heavy atom. The van der Waals surface area contributed by atoms with E-state index in [2.05, 4.69) is 0 Å². The van der Waals surface area contributed by atoms with E-state index >= 15 is 0 Å². The van der Waals surface area contributed by atoms with Gasteiger partial charge in [0.25, 0.3) is 0 Å². The Morgan fingerprint density at radius 3 is 2.44 bits per heavy atom. The number of carbonyl (C=O) groups is 1. The molecule has 0 bridgehead atoms. The molecule has 0 atom stereocenters. The van der Waals surface area contributed by atoms with Gasteiger partial charge in [0.05, 0.1) is 5.60 Å². The quantitative estimate of drug-likeness (QED) is 0.802. The van der Waals surface area contributed by atoms with Crippen LogP contribution < -0.4 is 0 Å². The van der Waals surface area contributed by atoms with Gasteiger partial charge in [0.15, 0.2) is 0 Å². The standard InChI is InChI=1S/C14H19NO3/c1-10-3-4-11(2)12(9-10)14(18)5-7-15(8-6-14)13(16)17/h3-4,9,18H,5-8H2,1-2H3,(H,16,17). The summed E-state index contributed by atoms with van der Waals surface area (Å²) < 4.78 is 0.